The van der Waals surface area contributed by atoms with E-state index < -0.39 is 0 Å². The van der Waals surface area contributed by atoms with Crippen LogP contribution in [0.1, 0.15) is 15.4 Å². The maximum atomic E-state index is 12.2. The molecule has 1 saturated heterocycles. The second-order valence-corrected chi connectivity index (χ2v) is 5.10. The first-order chi connectivity index (χ1) is 9.11. The highest BCUT2D eigenvalue weighted by molar-refractivity contribution is 7.07. The summed E-state index contributed by atoms with van der Waals surface area (Å²) in [5.74, 6) is 0.165. The number of amidine groups is 1. The quantitative estimate of drug-likeness (QED) is 0.330. The topological polar surface area (TPSA) is 108 Å². The first-order valence-corrected chi connectivity index (χ1v) is 6.66. The summed E-state index contributed by atoms with van der Waals surface area (Å²) in [5.41, 5.74) is 6.13. The van der Waals surface area contributed by atoms with E-state index in [1.807, 2.05) is 4.90 Å². The molecule has 104 valence electrons. The molecule has 2 heterocycles. The van der Waals surface area contributed by atoms with Crippen LogP contribution in [0.5, 0.6) is 0 Å². The minimum atomic E-state index is -0.0176. The smallest absolute Gasteiger partial charge is 0.267 e. The van der Waals surface area contributed by atoms with E-state index in [2.05, 4.69) is 14.7 Å². The Labute approximate surface area is 114 Å². The van der Waals surface area contributed by atoms with Crippen molar-refractivity contribution in [1.82, 2.24) is 19.4 Å². The zero-order chi connectivity index (χ0) is 13.8. The van der Waals surface area contributed by atoms with Gasteiger partial charge in [-0.1, -0.05) is 9.64 Å². The summed E-state index contributed by atoms with van der Waals surface area (Å²) >= 11 is 1.13. The van der Waals surface area contributed by atoms with Crippen LogP contribution >= 0.6 is 11.5 Å². The number of aromatic nitrogens is 2. The third kappa shape index (κ3) is 3.18. The SMILES string of the molecule is Cc1nnsc1C(=O)N1CCN(CC(N)=NO)CC1. The first kappa shape index (κ1) is 13.7. The largest absolute Gasteiger partial charge is 0.409 e. The number of piperazine rings is 1. The molecule has 0 radical (unpaired) electrons. The number of amides is 1. The van der Waals surface area contributed by atoms with Gasteiger partial charge in [-0.25, -0.2) is 0 Å². The van der Waals surface area contributed by atoms with Gasteiger partial charge in [-0.15, -0.1) is 5.10 Å². The van der Waals surface area contributed by atoms with Crippen LogP contribution in [0, 0.1) is 6.92 Å². The lowest BCUT2D eigenvalue weighted by Gasteiger charge is -2.34. The average molecular weight is 284 g/mol. The Kier molecular flexibility index (Phi) is 4.27. The lowest BCUT2D eigenvalue weighted by atomic mass is 10.2. The van der Waals surface area contributed by atoms with E-state index in [1.165, 1.54) is 0 Å². The normalized spacial score (nSPS) is 17.7. The summed E-state index contributed by atoms with van der Waals surface area (Å²) < 4.78 is 3.78. The van der Waals surface area contributed by atoms with Crippen molar-refractivity contribution in [2.45, 2.75) is 6.92 Å². The van der Waals surface area contributed by atoms with Crippen molar-refractivity contribution < 1.29 is 10.0 Å². The molecular formula is C10H16N6O2S. The number of hydrogen-bond acceptors (Lipinski definition) is 7. The minimum absolute atomic E-state index is 0.0176. The molecular weight excluding hydrogens is 268 g/mol. The molecule has 1 aliphatic heterocycles. The molecule has 8 nitrogen and oxygen atoms in total. The molecule has 1 aliphatic rings. The standard InChI is InChI=1S/C10H16N6O2S/c1-7-9(19-14-12-7)10(17)16-4-2-15(3-5-16)6-8(11)13-18/h18H,2-6H2,1H3,(H2,11,13). The molecule has 1 amide bonds. The summed E-state index contributed by atoms with van der Waals surface area (Å²) in [7, 11) is 0. The number of nitrogens with zero attached hydrogens (tertiary/aromatic N) is 5. The Bertz CT molecular complexity index is 480. The molecule has 0 aromatic carbocycles. The molecule has 1 aromatic rings. The molecule has 0 bridgehead atoms. The van der Waals surface area contributed by atoms with Crippen LogP contribution in [0.25, 0.3) is 0 Å². The Hall–Kier alpha value is -1.74. The number of nitrogens with two attached hydrogens (primary N) is 1. The van der Waals surface area contributed by atoms with Gasteiger partial charge in [0.2, 0.25) is 0 Å². The highest BCUT2D eigenvalue weighted by Gasteiger charge is 2.25. The van der Waals surface area contributed by atoms with Crippen molar-refractivity contribution in [3.05, 3.63) is 10.6 Å². The monoisotopic (exact) mass is 284 g/mol. The summed E-state index contributed by atoms with van der Waals surface area (Å²) in [6.07, 6.45) is 0. The first-order valence-electron chi connectivity index (χ1n) is 5.89. The van der Waals surface area contributed by atoms with Gasteiger partial charge in [0.05, 0.1) is 12.2 Å². The van der Waals surface area contributed by atoms with Crippen molar-refractivity contribution in [2.75, 3.05) is 32.7 Å². The van der Waals surface area contributed by atoms with E-state index in [0.717, 1.165) is 11.5 Å². The van der Waals surface area contributed by atoms with Gasteiger partial charge in [-0.2, -0.15) is 0 Å². The van der Waals surface area contributed by atoms with Crippen LogP contribution < -0.4 is 5.73 Å². The lowest BCUT2D eigenvalue weighted by Crippen LogP contribution is -2.50. The second kappa shape index (κ2) is 5.93. The molecule has 1 aromatic heterocycles. The Balaban J connectivity index is 1.90. The van der Waals surface area contributed by atoms with Crippen LogP contribution in [-0.4, -0.2) is 69.1 Å². The fourth-order valence-electron chi connectivity index (χ4n) is 1.94. The maximum absolute atomic E-state index is 12.2. The van der Waals surface area contributed by atoms with Crippen molar-refractivity contribution in [2.24, 2.45) is 10.9 Å². The summed E-state index contributed by atoms with van der Waals surface area (Å²) in [6, 6.07) is 0. The molecule has 3 N–H and O–H groups in total. The number of oxime groups is 1. The van der Waals surface area contributed by atoms with E-state index in [-0.39, 0.29) is 11.7 Å². The minimum Gasteiger partial charge on any atom is -0.409 e. The number of hydrogen-bond donors (Lipinski definition) is 2. The summed E-state index contributed by atoms with van der Waals surface area (Å²) in [5, 5.41) is 15.3. The van der Waals surface area contributed by atoms with Crippen molar-refractivity contribution >= 4 is 23.3 Å². The van der Waals surface area contributed by atoms with E-state index in [1.54, 1.807) is 11.8 Å². The van der Waals surface area contributed by atoms with E-state index in [4.69, 9.17) is 10.9 Å². The number of carbonyl (C=O) groups excluding carboxylic acids is 1. The van der Waals surface area contributed by atoms with Crippen LogP contribution in [0.15, 0.2) is 5.16 Å². The average Bonchev–Trinajstić information content (AvgIpc) is 2.85. The Morgan fingerprint density at radius 1 is 1.47 bits per heavy atom. The van der Waals surface area contributed by atoms with Crippen LogP contribution in [0.4, 0.5) is 0 Å². The molecule has 0 spiro atoms. The Morgan fingerprint density at radius 3 is 2.68 bits per heavy atom. The molecule has 0 unspecified atom stereocenters. The van der Waals surface area contributed by atoms with Crippen LogP contribution in [0.3, 0.4) is 0 Å². The zero-order valence-corrected chi connectivity index (χ0v) is 11.4. The van der Waals surface area contributed by atoms with E-state index >= 15 is 0 Å². The predicted molar refractivity (Wildman–Crippen MR) is 70.4 cm³/mol. The van der Waals surface area contributed by atoms with Gasteiger partial charge < -0.3 is 15.8 Å². The van der Waals surface area contributed by atoms with Gasteiger partial charge in [0, 0.05) is 26.2 Å². The fraction of sp³-hybridized carbons (Fsp3) is 0.600. The fourth-order valence-corrected chi connectivity index (χ4v) is 2.57. The van der Waals surface area contributed by atoms with E-state index in [9.17, 15) is 4.79 Å². The van der Waals surface area contributed by atoms with E-state index in [0.29, 0.717) is 43.3 Å². The maximum Gasteiger partial charge on any atom is 0.267 e. The predicted octanol–water partition coefficient (Wildman–Crippen LogP) is -0.649. The zero-order valence-electron chi connectivity index (χ0n) is 10.6. The van der Waals surface area contributed by atoms with Crippen molar-refractivity contribution in [3.63, 3.8) is 0 Å². The van der Waals surface area contributed by atoms with Crippen molar-refractivity contribution in [1.29, 1.82) is 0 Å². The highest BCUT2D eigenvalue weighted by Crippen LogP contribution is 2.14. The van der Waals surface area contributed by atoms with Gasteiger partial charge in [-0.3, -0.25) is 9.69 Å². The van der Waals surface area contributed by atoms with Gasteiger partial charge in [0.1, 0.15) is 4.88 Å². The lowest BCUT2D eigenvalue weighted by molar-refractivity contribution is 0.0657. The van der Waals surface area contributed by atoms with Gasteiger partial charge in [0.15, 0.2) is 5.84 Å². The molecule has 2 rings (SSSR count). The van der Waals surface area contributed by atoms with Gasteiger partial charge >= 0.3 is 0 Å². The number of rotatable bonds is 3. The van der Waals surface area contributed by atoms with Crippen LogP contribution in [0.2, 0.25) is 0 Å². The highest BCUT2D eigenvalue weighted by atomic mass is 32.1. The van der Waals surface area contributed by atoms with Crippen molar-refractivity contribution in [3.8, 4) is 0 Å². The summed E-state index contributed by atoms with van der Waals surface area (Å²) in [4.78, 5) is 16.6. The summed E-state index contributed by atoms with van der Waals surface area (Å²) in [6.45, 7) is 4.84. The second-order valence-electron chi connectivity index (χ2n) is 4.35. The molecule has 19 heavy (non-hydrogen) atoms. The third-order valence-electron chi connectivity index (χ3n) is 3.02. The molecule has 0 atom stereocenters. The molecule has 1 fully saturated rings. The number of aryl methyl sites for hydroxylation is 1. The molecule has 0 aliphatic carbocycles. The number of carbonyl (C=O) groups is 1. The van der Waals surface area contributed by atoms with Gasteiger partial charge in [-0.05, 0) is 18.5 Å². The molecule has 0 saturated carbocycles. The van der Waals surface area contributed by atoms with Crippen LogP contribution in [-0.2, 0) is 0 Å². The Morgan fingerprint density at radius 2 is 2.16 bits per heavy atom. The third-order valence-corrected chi connectivity index (χ3v) is 3.84. The van der Waals surface area contributed by atoms with Gasteiger partial charge in [0.25, 0.3) is 5.91 Å². The molecule has 9 heteroatoms.